The van der Waals surface area contributed by atoms with E-state index >= 15 is 0 Å². The summed E-state index contributed by atoms with van der Waals surface area (Å²) in [6.45, 7) is 0.0518. The van der Waals surface area contributed by atoms with Crippen LogP contribution in [0.5, 0.6) is 17.4 Å². The molecule has 2 aliphatic rings. The molecule has 6 nitrogen and oxygen atoms in total. The van der Waals surface area contributed by atoms with E-state index in [1.165, 1.54) is 12.8 Å². The zero-order chi connectivity index (χ0) is 18.6. The van der Waals surface area contributed by atoms with Gasteiger partial charge in [-0.25, -0.2) is 4.98 Å². The van der Waals surface area contributed by atoms with E-state index in [2.05, 4.69) is 10.3 Å². The molecule has 2 bridgehead atoms. The van der Waals surface area contributed by atoms with Gasteiger partial charge in [0.1, 0.15) is 11.5 Å². The lowest BCUT2D eigenvalue weighted by molar-refractivity contribution is -0.134. The third-order valence-electron chi connectivity index (χ3n) is 5.44. The summed E-state index contributed by atoms with van der Waals surface area (Å²) in [6.07, 6.45) is 6.22. The molecular formula is C21H25N3O3. The van der Waals surface area contributed by atoms with Crippen LogP contribution in [0.3, 0.4) is 0 Å². The van der Waals surface area contributed by atoms with Crippen LogP contribution in [-0.4, -0.2) is 47.6 Å². The van der Waals surface area contributed by atoms with Crippen LogP contribution in [0.25, 0.3) is 0 Å². The van der Waals surface area contributed by atoms with E-state index in [0.717, 1.165) is 12.8 Å². The fraction of sp³-hybridized carbons (Fsp3) is 0.429. The lowest BCUT2D eigenvalue weighted by Crippen LogP contribution is -2.49. The molecule has 1 N–H and O–H groups in total. The molecule has 0 spiro atoms. The van der Waals surface area contributed by atoms with Gasteiger partial charge in [-0.1, -0.05) is 6.07 Å². The van der Waals surface area contributed by atoms with Gasteiger partial charge >= 0.3 is 0 Å². The number of pyridine rings is 1. The molecule has 1 aromatic carbocycles. The number of nitrogens with zero attached hydrogens (tertiary/aromatic N) is 2. The van der Waals surface area contributed by atoms with Gasteiger partial charge in [-0.15, -0.1) is 0 Å². The Bertz CT molecular complexity index is 754. The molecule has 2 fully saturated rings. The maximum Gasteiger partial charge on any atom is 0.260 e. The zero-order valence-electron chi connectivity index (χ0n) is 15.5. The number of benzene rings is 1. The number of amides is 1. The summed E-state index contributed by atoms with van der Waals surface area (Å²) in [6, 6.07) is 14.2. The van der Waals surface area contributed by atoms with Crippen LogP contribution in [0, 0.1) is 0 Å². The highest BCUT2D eigenvalue weighted by molar-refractivity contribution is 5.77. The van der Waals surface area contributed by atoms with Crippen LogP contribution in [0.4, 0.5) is 0 Å². The predicted molar refractivity (Wildman–Crippen MR) is 102 cm³/mol. The molecule has 6 heteroatoms. The summed E-state index contributed by atoms with van der Waals surface area (Å²) < 4.78 is 11.3. The second-order valence-electron chi connectivity index (χ2n) is 7.30. The van der Waals surface area contributed by atoms with Crippen molar-refractivity contribution in [1.29, 1.82) is 0 Å². The molecule has 2 atom stereocenters. The van der Waals surface area contributed by atoms with E-state index < -0.39 is 0 Å². The van der Waals surface area contributed by atoms with Gasteiger partial charge in [-0.2, -0.15) is 0 Å². The van der Waals surface area contributed by atoms with Crippen molar-refractivity contribution < 1.29 is 14.3 Å². The number of aromatic nitrogens is 1. The average molecular weight is 367 g/mol. The number of hydrogen-bond donors (Lipinski definition) is 1. The summed E-state index contributed by atoms with van der Waals surface area (Å²) in [4.78, 5) is 18.5. The Balaban J connectivity index is 1.27. The van der Waals surface area contributed by atoms with Crippen LogP contribution in [-0.2, 0) is 4.79 Å². The van der Waals surface area contributed by atoms with E-state index in [4.69, 9.17) is 9.47 Å². The molecule has 2 saturated heterocycles. The number of carbonyl (C=O) groups is 1. The van der Waals surface area contributed by atoms with Gasteiger partial charge in [-0.3, -0.25) is 4.79 Å². The van der Waals surface area contributed by atoms with E-state index in [1.54, 1.807) is 24.4 Å². The number of ether oxygens (including phenoxy) is 2. The molecule has 2 unspecified atom stereocenters. The zero-order valence-corrected chi connectivity index (χ0v) is 15.5. The first-order valence-electron chi connectivity index (χ1n) is 9.51. The lowest BCUT2D eigenvalue weighted by Gasteiger charge is -2.35. The molecule has 142 valence electrons. The molecule has 27 heavy (non-hydrogen) atoms. The van der Waals surface area contributed by atoms with Gasteiger partial charge in [0, 0.05) is 37.4 Å². The minimum Gasteiger partial charge on any atom is -0.484 e. The van der Waals surface area contributed by atoms with E-state index in [0.29, 0.717) is 35.5 Å². The van der Waals surface area contributed by atoms with E-state index in [-0.39, 0.29) is 12.5 Å². The summed E-state index contributed by atoms with van der Waals surface area (Å²) in [5, 5.41) is 3.61. The third-order valence-corrected chi connectivity index (χ3v) is 5.44. The first kappa shape index (κ1) is 17.8. The first-order valence-corrected chi connectivity index (χ1v) is 9.51. The molecule has 4 rings (SSSR count). The summed E-state index contributed by atoms with van der Waals surface area (Å²) >= 11 is 0. The van der Waals surface area contributed by atoms with E-state index in [9.17, 15) is 4.79 Å². The number of hydrogen-bond acceptors (Lipinski definition) is 5. The number of nitrogens with one attached hydrogen (secondary N) is 1. The van der Waals surface area contributed by atoms with Crippen molar-refractivity contribution in [2.45, 2.75) is 43.8 Å². The highest BCUT2D eigenvalue weighted by atomic mass is 16.5. The van der Waals surface area contributed by atoms with Crippen molar-refractivity contribution in [2.24, 2.45) is 0 Å². The molecule has 1 aromatic heterocycles. The molecule has 0 radical (unpaired) electrons. The molecule has 0 saturated carbocycles. The summed E-state index contributed by atoms with van der Waals surface area (Å²) in [5.41, 5.74) is 0. The van der Waals surface area contributed by atoms with Crippen LogP contribution in [0.15, 0.2) is 48.7 Å². The lowest BCUT2D eigenvalue weighted by atomic mass is 9.98. The normalized spacial score (nSPS) is 23.7. The Morgan fingerprint density at radius 3 is 2.48 bits per heavy atom. The number of carbonyl (C=O) groups excluding carboxylic acids is 1. The van der Waals surface area contributed by atoms with Crippen molar-refractivity contribution >= 4 is 5.91 Å². The smallest absolute Gasteiger partial charge is 0.260 e. The Labute approximate surface area is 159 Å². The van der Waals surface area contributed by atoms with E-state index in [1.807, 2.05) is 36.2 Å². The highest BCUT2D eigenvalue weighted by Crippen LogP contribution is 2.29. The molecule has 3 heterocycles. The van der Waals surface area contributed by atoms with Crippen LogP contribution >= 0.6 is 0 Å². The maximum absolute atomic E-state index is 12.5. The SMILES string of the molecule is CN(C(=O)COc1ccc(Oc2ccccn2)cc1)C1CC2CCC(C1)N2. The van der Waals surface area contributed by atoms with Crippen molar-refractivity contribution in [3.05, 3.63) is 48.7 Å². The summed E-state index contributed by atoms with van der Waals surface area (Å²) in [5.74, 6) is 1.89. The number of fused-ring (bicyclic) bond motifs is 2. The quantitative estimate of drug-likeness (QED) is 0.850. The maximum atomic E-state index is 12.5. The number of piperidine rings is 1. The second-order valence-corrected chi connectivity index (χ2v) is 7.30. The molecular weight excluding hydrogens is 342 g/mol. The molecule has 2 aliphatic heterocycles. The summed E-state index contributed by atoms with van der Waals surface area (Å²) in [7, 11) is 1.89. The van der Waals surface area contributed by atoms with Crippen molar-refractivity contribution in [2.75, 3.05) is 13.7 Å². The standard InChI is InChI=1S/C21H25N3O3/c1-24(17-12-15-5-6-16(13-17)23-15)21(25)14-26-18-7-9-19(10-8-18)27-20-4-2-3-11-22-20/h2-4,7-11,15-17,23H,5-6,12-14H2,1H3. The Morgan fingerprint density at radius 1 is 1.11 bits per heavy atom. The van der Waals surface area contributed by atoms with Crippen molar-refractivity contribution in [3.63, 3.8) is 0 Å². The molecule has 0 aliphatic carbocycles. The minimum atomic E-state index is 0.0233. The Hall–Kier alpha value is -2.60. The van der Waals surface area contributed by atoms with Crippen LogP contribution in [0.2, 0.25) is 0 Å². The fourth-order valence-electron chi connectivity index (χ4n) is 3.93. The van der Waals surface area contributed by atoms with Crippen molar-refractivity contribution in [3.8, 4) is 17.4 Å². The highest BCUT2D eigenvalue weighted by Gasteiger charge is 2.36. The van der Waals surface area contributed by atoms with Crippen molar-refractivity contribution in [1.82, 2.24) is 15.2 Å². The first-order chi connectivity index (χ1) is 13.2. The van der Waals surface area contributed by atoms with Crippen LogP contribution < -0.4 is 14.8 Å². The topological polar surface area (TPSA) is 63.7 Å². The van der Waals surface area contributed by atoms with Gasteiger partial charge < -0.3 is 19.7 Å². The van der Waals surface area contributed by atoms with Crippen LogP contribution in [0.1, 0.15) is 25.7 Å². The van der Waals surface area contributed by atoms with Gasteiger partial charge in [0.2, 0.25) is 5.88 Å². The molecule has 2 aromatic rings. The Kier molecular flexibility index (Phi) is 5.25. The Morgan fingerprint density at radius 2 is 1.81 bits per heavy atom. The van der Waals surface area contributed by atoms with Gasteiger partial charge in [0.15, 0.2) is 6.61 Å². The second kappa shape index (κ2) is 7.96. The fourth-order valence-corrected chi connectivity index (χ4v) is 3.93. The van der Waals surface area contributed by atoms with Gasteiger partial charge in [0.25, 0.3) is 5.91 Å². The third kappa shape index (κ3) is 4.39. The average Bonchev–Trinajstić information content (AvgIpc) is 3.05. The number of likely N-dealkylation sites (N-methyl/N-ethyl adjacent to an activating group) is 1. The predicted octanol–water partition coefficient (Wildman–Crippen LogP) is 2.99. The largest absolute Gasteiger partial charge is 0.484 e. The van der Waals surface area contributed by atoms with Gasteiger partial charge in [-0.05, 0) is 56.0 Å². The molecule has 1 amide bonds. The monoisotopic (exact) mass is 367 g/mol. The minimum absolute atomic E-state index is 0.0233. The number of rotatable bonds is 6. The van der Waals surface area contributed by atoms with Gasteiger partial charge in [0.05, 0.1) is 0 Å².